The quantitative estimate of drug-likeness (QED) is 0.854. The highest BCUT2D eigenvalue weighted by Crippen LogP contribution is 2.25. The zero-order valence-corrected chi connectivity index (χ0v) is 11.4. The Bertz CT molecular complexity index is 525. The summed E-state index contributed by atoms with van der Waals surface area (Å²) in [6.07, 6.45) is 2.36. The molecule has 0 bridgehead atoms. The van der Waals surface area contributed by atoms with Gasteiger partial charge < -0.3 is 14.5 Å². The topological polar surface area (TPSA) is 73.1 Å². The maximum atomic E-state index is 5.61. The molecular formula is C13H18N4O2. The minimum atomic E-state index is 0.435. The van der Waals surface area contributed by atoms with E-state index in [1.165, 1.54) is 0 Å². The molecule has 2 aromatic heterocycles. The number of hydrogen-bond acceptors (Lipinski definition) is 6. The summed E-state index contributed by atoms with van der Waals surface area (Å²) in [6, 6.07) is 4.10. The molecule has 0 aliphatic rings. The van der Waals surface area contributed by atoms with Crippen molar-refractivity contribution in [1.29, 1.82) is 0 Å². The van der Waals surface area contributed by atoms with Crippen molar-refractivity contribution in [1.82, 2.24) is 20.5 Å². The fourth-order valence-electron chi connectivity index (χ4n) is 1.65. The van der Waals surface area contributed by atoms with Gasteiger partial charge in [0.05, 0.1) is 7.11 Å². The van der Waals surface area contributed by atoms with E-state index in [1.54, 1.807) is 13.3 Å². The lowest BCUT2D eigenvalue weighted by Gasteiger charge is -2.05. The van der Waals surface area contributed by atoms with Gasteiger partial charge in [0.15, 0.2) is 0 Å². The van der Waals surface area contributed by atoms with Crippen LogP contribution in [0.4, 0.5) is 0 Å². The molecule has 0 spiro atoms. The third-order valence-electron chi connectivity index (χ3n) is 2.55. The highest BCUT2D eigenvalue weighted by atomic mass is 16.5. The van der Waals surface area contributed by atoms with E-state index in [-0.39, 0.29) is 0 Å². The highest BCUT2D eigenvalue weighted by Gasteiger charge is 2.13. The minimum Gasteiger partial charge on any atom is -0.480 e. The molecule has 2 heterocycles. The summed E-state index contributed by atoms with van der Waals surface area (Å²) >= 11 is 0. The second-order valence-corrected chi connectivity index (χ2v) is 4.42. The van der Waals surface area contributed by atoms with Crippen molar-refractivity contribution in [2.24, 2.45) is 0 Å². The Morgan fingerprint density at radius 1 is 1.37 bits per heavy atom. The summed E-state index contributed by atoms with van der Waals surface area (Å²) in [7, 11) is 1.57. The third-order valence-corrected chi connectivity index (χ3v) is 2.55. The molecule has 0 amide bonds. The molecule has 2 aromatic rings. The molecule has 0 atom stereocenters. The fraction of sp³-hybridized carbons (Fsp3) is 0.462. The second kappa shape index (κ2) is 6.29. The van der Waals surface area contributed by atoms with Gasteiger partial charge in [-0.15, -0.1) is 10.2 Å². The van der Waals surface area contributed by atoms with E-state index in [1.807, 2.05) is 12.1 Å². The zero-order chi connectivity index (χ0) is 13.7. The van der Waals surface area contributed by atoms with E-state index >= 15 is 0 Å². The van der Waals surface area contributed by atoms with Gasteiger partial charge >= 0.3 is 0 Å². The van der Waals surface area contributed by atoms with Crippen LogP contribution in [-0.2, 0) is 6.42 Å². The van der Waals surface area contributed by atoms with Gasteiger partial charge in [-0.3, -0.25) is 0 Å². The lowest BCUT2D eigenvalue weighted by atomic mass is 10.3. The first-order valence-electron chi connectivity index (χ1n) is 6.26. The van der Waals surface area contributed by atoms with Crippen molar-refractivity contribution in [2.45, 2.75) is 26.3 Å². The molecule has 0 saturated carbocycles. The molecule has 6 nitrogen and oxygen atoms in total. The van der Waals surface area contributed by atoms with Crippen molar-refractivity contribution < 1.29 is 9.15 Å². The first-order valence-corrected chi connectivity index (χ1v) is 6.26. The number of pyridine rings is 1. The standard InChI is InChI=1S/C13H18N4O2/c1-9(2)14-8-6-11-16-17-13(19-11)10-5-4-7-15-12(10)18-3/h4-5,7,9,14H,6,8H2,1-3H3. The van der Waals surface area contributed by atoms with E-state index in [0.717, 1.165) is 6.54 Å². The molecule has 0 aromatic carbocycles. The lowest BCUT2D eigenvalue weighted by molar-refractivity contribution is 0.397. The van der Waals surface area contributed by atoms with E-state index in [9.17, 15) is 0 Å². The normalized spacial score (nSPS) is 10.9. The molecule has 1 N–H and O–H groups in total. The molecule has 0 aliphatic heterocycles. The Labute approximate surface area is 112 Å². The van der Waals surface area contributed by atoms with E-state index in [2.05, 4.69) is 34.3 Å². The average Bonchev–Trinajstić information content (AvgIpc) is 2.87. The van der Waals surface area contributed by atoms with Crippen LogP contribution in [0.25, 0.3) is 11.5 Å². The van der Waals surface area contributed by atoms with Crippen LogP contribution in [0.2, 0.25) is 0 Å². The van der Waals surface area contributed by atoms with Crippen LogP contribution in [0.15, 0.2) is 22.7 Å². The minimum absolute atomic E-state index is 0.435. The Morgan fingerprint density at radius 3 is 2.95 bits per heavy atom. The maximum absolute atomic E-state index is 5.61. The SMILES string of the molecule is COc1ncccc1-c1nnc(CCNC(C)C)o1. The van der Waals surface area contributed by atoms with Crippen LogP contribution in [0.3, 0.4) is 0 Å². The number of hydrogen-bond donors (Lipinski definition) is 1. The van der Waals surface area contributed by atoms with Gasteiger partial charge in [-0.05, 0) is 12.1 Å². The number of aromatic nitrogens is 3. The van der Waals surface area contributed by atoms with Crippen molar-refractivity contribution >= 4 is 0 Å². The van der Waals surface area contributed by atoms with Gasteiger partial charge in [0.2, 0.25) is 11.8 Å². The van der Waals surface area contributed by atoms with Gasteiger partial charge in [0.25, 0.3) is 5.89 Å². The largest absolute Gasteiger partial charge is 0.480 e. The Kier molecular flexibility index (Phi) is 4.46. The molecule has 0 unspecified atom stereocenters. The van der Waals surface area contributed by atoms with Gasteiger partial charge in [0, 0.05) is 25.2 Å². The van der Waals surface area contributed by atoms with Gasteiger partial charge in [-0.1, -0.05) is 13.8 Å². The van der Waals surface area contributed by atoms with Gasteiger partial charge in [-0.2, -0.15) is 0 Å². The van der Waals surface area contributed by atoms with Gasteiger partial charge in [-0.25, -0.2) is 4.98 Å². The van der Waals surface area contributed by atoms with Crippen LogP contribution >= 0.6 is 0 Å². The lowest BCUT2D eigenvalue weighted by Crippen LogP contribution is -2.25. The Morgan fingerprint density at radius 2 is 2.21 bits per heavy atom. The first kappa shape index (κ1) is 13.5. The van der Waals surface area contributed by atoms with Crippen molar-refractivity contribution in [3.05, 3.63) is 24.2 Å². The molecule has 6 heteroatoms. The second-order valence-electron chi connectivity index (χ2n) is 4.42. The summed E-state index contributed by atoms with van der Waals surface area (Å²) < 4.78 is 10.8. The molecule has 0 radical (unpaired) electrons. The van der Waals surface area contributed by atoms with E-state index in [4.69, 9.17) is 9.15 Å². The maximum Gasteiger partial charge on any atom is 0.253 e. The van der Waals surface area contributed by atoms with Crippen LogP contribution in [0.1, 0.15) is 19.7 Å². The summed E-state index contributed by atoms with van der Waals surface area (Å²) in [6.45, 7) is 5.00. The summed E-state index contributed by atoms with van der Waals surface area (Å²) in [5.41, 5.74) is 0.709. The van der Waals surface area contributed by atoms with Gasteiger partial charge in [0.1, 0.15) is 5.56 Å². The summed E-state index contributed by atoms with van der Waals surface area (Å²) in [5.74, 6) is 1.52. The molecule has 2 rings (SSSR count). The third kappa shape index (κ3) is 3.51. The summed E-state index contributed by atoms with van der Waals surface area (Å²) in [4.78, 5) is 4.11. The number of nitrogens with zero attached hydrogens (tertiary/aromatic N) is 3. The molecule has 19 heavy (non-hydrogen) atoms. The Balaban J connectivity index is 2.08. The molecule has 0 saturated heterocycles. The number of methoxy groups -OCH3 is 1. The molecule has 102 valence electrons. The molecule has 0 fully saturated rings. The average molecular weight is 262 g/mol. The van der Waals surface area contributed by atoms with Crippen molar-refractivity contribution in [3.63, 3.8) is 0 Å². The van der Waals surface area contributed by atoms with Crippen LogP contribution < -0.4 is 10.1 Å². The Hall–Kier alpha value is -1.95. The predicted molar refractivity (Wildman–Crippen MR) is 70.9 cm³/mol. The molecular weight excluding hydrogens is 244 g/mol. The van der Waals surface area contributed by atoms with Crippen molar-refractivity contribution in [2.75, 3.05) is 13.7 Å². The molecule has 0 aliphatic carbocycles. The number of ether oxygens (including phenoxy) is 1. The van der Waals surface area contributed by atoms with E-state index < -0.39 is 0 Å². The first-order chi connectivity index (χ1) is 9.20. The van der Waals surface area contributed by atoms with E-state index in [0.29, 0.717) is 35.7 Å². The number of nitrogens with one attached hydrogen (secondary N) is 1. The van der Waals surface area contributed by atoms with Crippen LogP contribution in [0, 0.1) is 0 Å². The smallest absolute Gasteiger partial charge is 0.253 e. The highest BCUT2D eigenvalue weighted by molar-refractivity contribution is 5.59. The fourth-order valence-corrected chi connectivity index (χ4v) is 1.65. The van der Waals surface area contributed by atoms with Crippen molar-refractivity contribution in [3.8, 4) is 17.3 Å². The predicted octanol–water partition coefficient (Wildman–Crippen LogP) is 1.68. The van der Waals surface area contributed by atoms with Crippen LogP contribution in [-0.4, -0.2) is 34.9 Å². The number of rotatable bonds is 6. The summed E-state index contributed by atoms with van der Waals surface area (Å²) in [5, 5.41) is 11.4. The monoisotopic (exact) mass is 262 g/mol. The zero-order valence-electron chi connectivity index (χ0n) is 11.4. The van der Waals surface area contributed by atoms with Crippen LogP contribution in [0.5, 0.6) is 5.88 Å².